The number of nitrogens with zero attached hydrogens (tertiary/aromatic N) is 2. The average Bonchev–Trinajstić information content (AvgIpc) is 2.79. The number of amides is 1. The predicted molar refractivity (Wildman–Crippen MR) is 92.2 cm³/mol. The Labute approximate surface area is 139 Å². The first-order valence-electron chi connectivity index (χ1n) is 8.65. The van der Waals surface area contributed by atoms with Crippen molar-refractivity contribution in [2.75, 3.05) is 13.2 Å². The van der Waals surface area contributed by atoms with Gasteiger partial charge < -0.3 is 10.1 Å². The molecule has 0 aliphatic heterocycles. The van der Waals surface area contributed by atoms with Crippen molar-refractivity contribution in [2.24, 2.45) is 7.05 Å². The summed E-state index contributed by atoms with van der Waals surface area (Å²) in [6, 6.07) is 0. The van der Waals surface area contributed by atoms with Gasteiger partial charge in [0.15, 0.2) is 0 Å². The number of nitrogens with one attached hydrogen (secondary N) is 1. The van der Waals surface area contributed by atoms with E-state index in [2.05, 4.69) is 10.4 Å². The van der Waals surface area contributed by atoms with Gasteiger partial charge in [0, 0.05) is 37.5 Å². The SMILES string of the molecule is Cc1nn(C)c(C)c1/C=C/C(=O)NCCCOC1CCCCC1. The molecule has 1 aliphatic rings. The molecule has 0 saturated heterocycles. The molecule has 1 amide bonds. The lowest BCUT2D eigenvalue weighted by Gasteiger charge is -2.21. The highest BCUT2D eigenvalue weighted by atomic mass is 16.5. The molecular formula is C18H29N3O2. The Bertz CT molecular complexity index is 543. The molecule has 23 heavy (non-hydrogen) atoms. The predicted octanol–water partition coefficient (Wildman–Crippen LogP) is 2.91. The first-order valence-corrected chi connectivity index (χ1v) is 8.65. The molecule has 5 nitrogen and oxygen atoms in total. The lowest BCUT2D eigenvalue weighted by Crippen LogP contribution is -2.24. The van der Waals surface area contributed by atoms with E-state index in [0.717, 1.165) is 30.0 Å². The number of carbonyl (C=O) groups excluding carboxylic acids is 1. The monoisotopic (exact) mass is 319 g/mol. The van der Waals surface area contributed by atoms with E-state index in [9.17, 15) is 4.79 Å². The summed E-state index contributed by atoms with van der Waals surface area (Å²) < 4.78 is 7.68. The van der Waals surface area contributed by atoms with E-state index in [-0.39, 0.29) is 5.91 Å². The van der Waals surface area contributed by atoms with Crippen molar-refractivity contribution in [1.29, 1.82) is 0 Å². The summed E-state index contributed by atoms with van der Waals surface area (Å²) in [7, 11) is 1.91. The van der Waals surface area contributed by atoms with Crippen LogP contribution >= 0.6 is 0 Å². The molecule has 1 aromatic rings. The van der Waals surface area contributed by atoms with Crippen LogP contribution < -0.4 is 5.32 Å². The van der Waals surface area contributed by atoms with Crippen LogP contribution in [0.3, 0.4) is 0 Å². The second-order valence-electron chi connectivity index (χ2n) is 6.32. The van der Waals surface area contributed by atoms with Gasteiger partial charge in [0.1, 0.15) is 0 Å². The maximum atomic E-state index is 11.8. The Hall–Kier alpha value is -1.62. The minimum absolute atomic E-state index is 0.0645. The smallest absolute Gasteiger partial charge is 0.244 e. The summed E-state index contributed by atoms with van der Waals surface area (Å²) in [6.07, 6.45) is 11.0. The van der Waals surface area contributed by atoms with Crippen molar-refractivity contribution in [3.63, 3.8) is 0 Å². The number of hydrogen-bond donors (Lipinski definition) is 1. The summed E-state index contributed by atoms with van der Waals surface area (Å²) in [4.78, 5) is 11.8. The summed E-state index contributed by atoms with van der Waals surface area (Å²) in [5, 5.41) is 7.24. The van der Waals surface area contributed by atoms with Crippen molar-refractivity contribution in [3.8, 4) is 0 Å². The fraction of sp³-hybridized carbons (Fsp3) is 0.667. The van der Waals surface area contributed by atoms with Crippen LogP contribution in [0.4, 0.5) is 0 Å². The second kappa shape index (κ2) is 8.87. The van der Waals surface area contributed by atoms with Gasteiger partial charge in [-0.05, 0) is 39.2 Å². The first-order chi connectivity index (χ1) is 11.1. The van der Waals surface area contributed by atoms with Crippen LogP contribution in [0.5, 0.6) is 0 Å². The van der Waals surface area contributed by atoms with E-state index in [4.69, 9.17) is 4.74 Å². The van der Waals surface area contributed by atoms with Crippen molar-refractivity contribution < 1.29 is 9.53 Å². The molecule has 1 N–H and O–H groups in total. The third-order valence-electron chi connectivity index (χ3n) is 4.49. The molecule has 0 atom stereocenters. The molecule has 0 aromatic carbocycles. The van der Waals surface area contributed by atoms with Crippen LogP contribution in [-0.4, -0.2) is 34.9 Å². The maximum absolute atomic E-state index is 11.8. The molecule has 5 heteroatoms. The molecular weight excluding hydrogens is 290 g/mol. The van der Waals surface area contributed by atoms with Gasteiger partial charge in [0.25, 0.3) is 0 Å². The number of carbonyl (C=O) groups is 1. The van der Waals surface area contributed by atoms with Crippen LogP contribution in [-0.2, 0) is 16.6 Å². The van der Waals surface area contributed by atoms with E-state index in [1.165, 1.54) is 32.1 Å². The molecule has 1 saturated carbocycles. The minimum Gasteiger partial charge on any atom is -0.378 e. The largest absolute Gasteiger partial charge is 0.378 e. The Morgan fingerprint density at radius 3 is 2.74 bits per heavy atom. The van der Waals surface area contributed by atoms with Crippen LogP contribution in [0.15, 0.2) is 6.08 Å². The molecule has 128 valence electrons. The second-order valence-corrected chi connectivity index (χ2v) is 6.32. The number of aryl methyl sites for hydroxylation is 2. The van der Waals surface area contributed by atoms with Gasteiger partial charge in [-0.1, -0.05) is 19.3 Å². The number of ether oxygens (including phenoxy) is 1. The Kier molecular flexibility index (Phi) is 6.84. The third-order valence-corrected chi connectivity index (χ3v) is 4.49. The van der Waals surface area contributed by atoms with Crippen molar-refractivity contribution in [3.05, 3.63) is 23.0 Å². The third kappa shape index (κ3) is 5.50. The van der Waals surface area contributed by atoms with Gasteiger partial charge in [0.2, 0.25) is 5.91 Å². The Balaban J connectivity index is 1.64. The molecule has 0 radical (unpaired) electrons. The zero-order chi connectivity index (χ0) is 16.7. The number of aromatic nitrogens is 2. The fourth-order valence-corrected chi connectivity index (χ4v) is 3.01. The summed E-state index contributed by atoms with van der Waals surface area (Å²) >= 11 is 0. The van der Waals surface area contributed by atoms with Gasteiger partial charge >= 0.3 is 0 Å². The first kappa shape index (κ1) is 17.7. The summed E-state index contributed by atoms with van der Waals surface area (Å²) in [5.41, 5.74) is 3.02. The molecule has 1 aliphatic carbocycles. The van der Waals surface area contributed by atoms with Crippen molar-refractivity contribution in [2.45, 2.75) is 58.5 Å². The van der Waals surface area contributed by atoms with Gasteiger partial charge in [-0.2, -0.15) is 5.10 Å². The van der Waals surface area contributed by atoms with Crippen LogP contribution in [0, 0.1) is 13.8 Å². The highest BCUT2D eigenvalue weighted by Crippen LogP contribution is 2.20. The van der Waals surface area contributed by atoms with Gasteiger partial charge in [-0.15, -0.1) is 0 Å². The summed E-state index contributed by atoms with van der Waals surface area (Å²) in [5.74, 6) is -0.0645. The highest BCUT2D eigenvalue weighted by Gasteiger charge is 2.13. The van der Waals surface area contributed by atoms with Gasteiger partial charge in [-0.3, -0.25) is 9.48 Å². The van der Waals surface area contributed by atoms with E-state index in [1.54, 1.807) is 6.08 Å². The number of hydrogen-bond acceptors (Lipinski definition) is 3. The van der Waals surface area contributed by atoms with E-state index in [0.29, 0.717) is 12.6 Å². The normalized spacial score (nSPS) is 16.1. The average molecular weight is 319 g/mol. The van der Waals surface area contributed by atoms with Crippen LogP contribution in [0.2, 0.25) is 0 Å². The standard InChI is InChI=1S/C18H29N3O2/c1-14-17(15(2)21(3)20-14)10-11-18(22)19-12-7-13-23-16-8-5-4-6-9-16/h10-11,16H,4-9,12-13H2,1-3H3,(H,19,22)/b11-10+. The fourth-order valence-electron chi connectivity index (χ4n) is 3.01. The van der Waals surface area contributed by atoms with E-state index >= 15 is 0 Å². The summed E-state index contributed by atoms with van der Waals surface area (Å²) in [6.45, 7) is 5.34. The molecule has 1 aromatic heterocycles. The van der Waals surface area contributed by atoms with E-state index in [1.807, 2.05) is 31.7 Å². The molecule has 0 spiro atoms. The maximum Gasteiger partial charge on any atom is 0.244 e. The zero-order valence-electron chi connectivity index (χ0n) is 14.6. The Morgan fingerprint density at radius 2 is 2.09 bits per heavy atom. The molecule has 0 bridgehead atoms. The molecule has 2 rings (SSSR count). The molecule has 1 heterocycles. The van der Waals surface area contributed by atoms with Crippen LogP contribution in [0.25, 0.3) is 6.08 Å². The lowest BCUT2D eigenvalue weighted by molar-refractivity contribution is -0.116. The molecule has 1 fully saturated rings. The van der Waals surface area contributed by atoms with Gasteiger partial charge in [-0.25, -0.2) is 0 Å². The quantitative estimate of drug-likeness (QED) is 0.621. The molecule has 0 unspecified atom stereocenters. The van der Waals surface area contributed by atoms with Crippen molar-refractivity contribution in [1.82, 2.24) is 15.1 Å². The van der Waals surface area contributed by atoms with E-state index < -0.39 is 0 Å². The van der Waals surface area contributed by atoms with Gasteiger partial charge in [0.05, 0.1) is 11.8 Å². The Morgan fingerprint density at radius 1 is 1.35 bits per heavy atom. The topological polar surface area (TPSA) is 56.2 Å². The number of rotatable bonds is 7. The minimum atomic E-state index is -0.0645. The highest BCUT2D eigenvalue weighted by molar-refractivity contribution is 5.91. The lowest BCUT2D eigenvalue weighted by atomic mass is 9.98. The van der Waals surface area contributed by atoms with Crippen molar-refractivity contribution >= 4 is 12.0 Å². The zero-order valence-corrected chi connectivity index (χ0v) is 14.6. The van der Waals surface area contributed by atoms with Crippen LogP contribution in [0.1, 0.15) is 55.5 Å².